The van der Waals surface area contributed by atoms with Crippen LogP contribution in [0.4, 0.5) is 0 Å². The van der Waals surface area contributed by atoms with Crippen molar-refractivity contribution in [3.63, 3.8) is 0 Å². The zero-order valence-corrected chi connectivity index (χ0v) is 11.8. The first-order chi connectivity index (χ1) is 8.84. The molecule has 18 heavy (non-hydrogen) atoms. The predicted molar refractivity (Wildman–Crippen MR) is 75.4 cm³/mol. The quantitative estimate of drug-likeness (QED) is 0.499. The Morgan fingerprint density at radius 3 is 2.11 bits per heavy atom. The van der Waals surface area contributed by atoms with Crippen molar-refractivity contribution < 1.29 is 9.67 Å². The van der Waals surface area contributed by atoms with Crippen molar-refractivity contribution in [3.8, 4) is 0 Å². The minimum absolute atomic E-state index is 0.355. The first-order valence-corrected chi connectivity index (χ1v) is 7.40. The largest absolute Gasteiger partial charge is 0.396 e. The van der Waals surface area contributed by atoms with Gasteiger partial charge in [0.2, 0.25) is 0 Å². The van der Waals surface area contributed by atoms with Crippen LogP contribution >= 0.6 is 0 Å². The fourth-order valence-corrected chi connectivity index (χ4v) is 2.27. The van der Waals surface area contributed by atoms with E-state index in [-0.39, 0.29) is 0 Å². The monoisotopic (exact) mass is 250 g/mol. The van der Waals surface area contributed by atoms with Crippen molar-refractivity contribution in [1.29, 1.82) is 0 Å². The summed E-state index contributed by atoms with van der Waals surface area (Å²) in [6.45, 7) is 3.67. The first-order valence-electron chi connectivity index (χ1n) is 7.40. The highest BCUT2D eigenvalue weighted by molar-refractivity contribution is 4.93. The van der Waals surface area contributed by atoms with Crippen molar-refractivity contribution >= 4 is 0 Å². The molecule has 1 heterocycles. The molecule has 0 saturated carbocycles. The number of pyridine rings is 1. The molecule has 0 aliphatic rings. The third-order valence-corrected chi connectivity index (χ3v) is 3.47. The van der Waals surface area contributed by atoms with E-state index in [0.29, 0.717) is 6.61 Å². The lowest BCUT2D eigenvalue weighted by Crippen LogP contribution is -2.36. The van der Waals surface area contributed by atoms with Crippen molar-refractivity contribution in [1.82, 2.24) is 0 Å². The summed E-state index contributed by atoms with van der Waals surface area (Å²) in [5.41, 5.74) is 1.35. The molecule has 1 aromatic heterocycles. The molecule has 0 aliphatic carbocycles. The van der Waals surface area contributed by atoms with Gasteiger partial charge in [0.15, 0.2) is 11.9 Å². The highest BCUT2D eigenvalue weighted by Gasteiger charge is 2.02. The number of nitrogens with zero attached hydrogens (tertiary/aromatic N) is 1. The Kier molecular flexibility index (Phi) is 8.49. The minimum atomic E-state index is 0.355. The van der Waals surface area contributed by atoms with Crippen LogP contribution in [-0.2, 0) is 6.54 Å². The van der Waals surface area contributed by atoms with Gasteiger partial charge in [0.05, 0.1) is 0 Å². The third kappa shape index (κ3) is 6.75. The summed E-state index contributed by atoms with van der Waals surface area (Å²) >= 11 is 0. The molecule has 0 unspecified atom stereocenters. The van der Waals surface area contributed by atoms with Gasteiger partial charge in [-0.2, -0.15) is 0 Å². The van der Waals surface area contributed by atoms with Crippen LogP contribution in [0.1, 0.15) is 57.1 Å². The molecular weight excluding hydrogens is 222 g/mol. The van der Waals surface area contributed by atoms with Gasteiger partial charge in [0, 0.05) is 32.1 Å². The summed E-state index contributed by atoms with van der Waals surface area (Å²) in [5.74, 6) is 0. The number of aliphatic hydroxyl groups is 1. The molecular formula is C16H28NO+. The zero-order valence-electron chi connectivity index (χ0n) is 11.8. The van der Waals surface area contributed by atoms with Crippen molar-refractivity contribution in [2.45, 2.75) is 64.8 Å². The van der Waals surface area contributed by atoms with Gasteiger partial charge >= 0.3 is 0 Å². The van der Waals surface area contributed by atoms with Gasteiger partial charge in [-0.05, 0) is 12.8 Å². The van der Waals surface area contributed by atoms with E-state index in [0.717, 1.165) is 13.0 Å². The molecule has 0 atom stereocenters. The van der Waals surface area contributed by atoms with Crippen molar-refractivity contribution in [3.05, 3.63) is 30.1 Å². The second-order valence-electron chi connectivity index (χ2n) is 5.09. The van der Waals surface area contributed by atoms with Crippen LogP contribution < -0.4 is 4.57 Å². The Hall–Kier alpha value is -0.890. The van der Waals surface area contributed by atoms with Gasteiger partial charge < -0.3 is 5.11 Å². The zero-order chi connectivity index (χ0) is 13.1. The minimum Gasteiger partial charge on any atom is -0.396 e. The fraction of sp³-hybridized carbons (Fsp3) is 0.688. The molecule has 102 valence electrons. The van der Waals surface area contributed by atoms with Crippen LogP contribution in [0.2, 0.25) is 0 Å². The van der Waals surface area contributed by atoms with E-state index in [1.165, 1.54) is 50.6 Å². The van der Waals surface area contributed by atoms with Crippen molar-refractivity contribution in [2.24, 2.45) is 0 Å². The molecule has 0 spiro atoms. The topological polar surface area (TPSA) is 24.1 Å². The third-order valence-electron chi connectivity index (χ3n) is 3.47. The average Bonchev–Trinajstić information content (AvgIpc) is 2.39. The lowest BCUT2D eigenvalue weighted by atomic mass is 10.1. The smallest absolute Gasteiger partial charge is 0.178 e. The Labute approximate surface area is 112 Å². The Morgan fingerprint density at radius 1 is 0.889 bits per heavy atom. The molecule has 0 aliphatic heterocycles. The molecule has 1 N–H and O–H groups in total. The summed E-state index contributed by atoms with van der Waals surface area (Å²) in [7, 11) is 0. The first kappa shape index (κ1) is 15.2. The number of rotatable bonds is 10. The summed E-state index contributed by atoms with van der Waals surface area (Å²) in [6.07, 6.45) is 12.3. The van der Waals surface area contributed by atoms with Crippen LogP contribution in [-0.4, -0.2) is 11.7 Å². The Bertz CT molecular complexity index is 312. The second kappa shape index (κ2) is 10.1. The van der Waals surface area contributed by atoms with E-state index in [1.54, 1.807) is 0 Å². The predicted octanol–water partition coefficient (Wildman–Crippen LogP) is 3.40. The fourth-order valence-electron chi connectivity index (χ4n) is 2.27. The van der Waals surface area contributed by atoms with Gasteiger partial charge in [-0.1, -0.05) is 38.2 Å². The maximum absolute atomic E-state index is 8.67. The van der Waals surface area contributed by atoms with E-state index in [2.05, 4.69) is 35.9 Å². The lowest BCUT2D eigenvalue weighted by molar-refractivity contribution is -0.703. The molecule has 0 radical (unpaired) electrons. The number of aromatic nitrogens is 1. The number of hydrogen-bond donors (Lipinski definition) is 1. The summed E-state index contributed by atoms with van der Waals surface area (Å²) in [5, 5.41) is 8.67. The average molecular weight is 250 g/mol. The normalized spacial score (nSPS) is 10.8. The number of aliphatic hydroxyl groups excluding tert-OH is 1. The van der Waals surface area contributed by atoms with E-state index in [9.17, 15) is 0 Å². The van der Waals surface area contributed by atoms with Gasteiger partial charge in [-0.3, -0.25) is 0 Å². The molecule has 0 bridgehead atoms. The molecule has 0 amide bonds. The summed E-state index contributed by atoms with van der Waals surface area (Å²) in [6, 6.07) is 6.37. The molecule has 1 aromatic rings. The van der Waals surface area contributed by atoms with Gasteiger partial charge in [-0.25, -0.2) is 4.57 Å². The molecule has 0 fully saturated rings. The number of hydrogen-bond acceptors (Lipinski definition) is 1. The summed E-state index contributed by atoms with van der Waals surface area (Å²) in [4.78, 5) is 0. The van der Waals surface area contributed by atoms with E-state index < -0.39 is 0 Å². The SMILES string of the molecule is Cc1cccc[n+]1CCCCCCCCCCO. The maximum Gasteiger partial charge on any atom is 0.178 e. The van der Waals surface area contributed by atoms with Crippen LogP contribution in [0.25, 0.3) is 0 Å². The molecule has 2 heteroatoms. The standard InChI is InChI=1S/C16H28NO/c1-16-12-8-10-14-17(16)13-9-6-4-2-3-5-7-11-15-18/h8,10,12,14,18H,2-7,9,11,13,15H2,1H3/q+1. The number of unbranched alkanes of at least 4 members (excludes halogenated alkanes) is 7. The van der Waals surface area contributed by atoms with E-state index in [1.807, 2.05) is 0 Å². The van der Waals surface area contributed by atoms with Crippen molar-refractivity contribution in [2.75, 3.05) is 6.61 Å². The lowest BCUT2D eigenvalue weighted by Gasteiger charge is -2.02. The van der Waals surface area contributed by atoms with Crippen LogP contribution in [0.5, 0.6) is 0 Å². The molecule has 0 saturated heterocycles. The molecule has 1 rings (SSSR count). The van der Waals surface area contributed by atoms with Crippen LogP contribution in [0, 0.1) is 6.92 Å². The van der Waals surface area contributed by atoms with Gasteiger partial charge in [0.1, 0.15) is 6.54 Å². The van der Waals surface area contributed by atoms with Crippen LogP contribution in [0.15, 0.2) is 24.4 Å². The summed E-state index contributed by atoms with van der Waals surface area (Å²) < 4.78 is 2.33. The Balaban J connectivity index is 1.94. The van der Waals surface area contributed by atoms with E-state index in [4.69, 9.17) is 5.11 Å². The highest BCUT2D eigenvalue weighted by atomic mass is 16.2. The Morgan fingerprint density at radius 2 is 1.50 bits per heavy atom. The second-order valence-corrected chi connectivity index (χ2v) is 5.09. The molecule has 2 nitrogen and oxygen atoms in total. The van der Waals surface area contributed by atoms with E-state index >= 15 is 0 Å². The van der Waals surface area contributed by atoms with Gasteiger partial charge in [0.25, 0.3) is 0 Å². The maximum atomic E-state index is 8.67. The highest BCUT2D eigenvalue weighted by Crippen LogP contribution is 2.08. The van der Waals surface area contributed by atoms with Gasteiger partial charge in [-0.15, -0.1) is 0 Å². The van der Waals surface area contributed by atoms with Crippen LogP contribution in [0.3, 0.4) is 0 Å². The molecule has 0 aromatic carbocycles. The number of aryl methyl sites for hydroxylation is 2.